The van der Waals surface area contributed by atoms with Crippen molar-refractivity contribution in [3.8, 4) is 0 Å². The molecular weight excluding hydrogens is 464 g/mol. The second kappa shape index (κ2) is 10.0. The summed E-state index contributed by atoms with van der Waals surface area (Å²) in [5.74, 6) is 4.04. The lowest BCUT2D eigenvalue weighted by atomic mass is 9.43. The quantitative estimate of drug-likeness (QED) is 0.262. The van der Waals surface area contributed by atoms with Crippen LogP contribution < -0.4 is 11.5 Å². The first-order valence-corrected chi connectivity index (χ1v) is 15.6. The maximum atomic E-state index is 11.5. The van der Waals surface area contributed by atoms with Crippen molar-refractivity contribution < 1.29 is 5.11 Å². The Labute approximate surface area is 232 Å². The molecule has 1 aromatic rings. The third-order valence-electron chi connectivity index (χ3n) is 12.4. The van der Waals surface area contributed by atoms with Crippen molar-refractivity contribution in [1.29, 1.82) is 0 Å². The molecule has 210 valence electrons. The first-order chi connectivity index (χ1) is 17.9. The minimum absolute atomic E-state index is 0.175. The Morgan fingerprint density at radius 2 is 1.82 bits per heavy atom. The highest BCUT2D eigenvalue weighted by molar-refractivity contribution is 5.57. The van der Waals surface area contributed by atoms with E-state index in [1.807, 2.05) is 12.1 Å². The van der Waals surface area contributed by atoms with E-state index in [-0.39, 0.29) is 16.9 Å². The molecule has 3 saturated carbocycles. The van der Waals surface area contributed by atoms with Crippen molar-refractivity contribution in [2.75, 3.05) is 11.5 Å². The van der Waals surface area contributed by atoms with E-state index in [0.717, 1.165) is 60.1 Å². The van der Waals surface area contributed by atoms with Gasteiger partial charge in [0.2, 0.25) is 0 Å². The number of nitrogens with two attached hydrogens (primary N) is 2. The van der Waals surface area contributed by atoms with Crippen LogP contribution in [0.25, 0.3) is 0 Å². The second-order valence-electron chi connectivity index (χ2n) is 14.8. The summed E-state index contributed by atoms with van der Waals surface area (Å²) < 4.78 is 0. The molecule has 4 aliphatic rings. The van der Waals surface area contributed by atoms with Crippen molar-refractivity contribution in [3.05, 3.63) is 47.1 Å². The lowest BCUT2D eigenvalue weighted by Gasteiger charge is -2.62. The third-order valence-corrected chi connectivity index (χ3v) is 12.4. The van der Waals surface area contributed by atoms with E-state index in [1.165, 1.54) is 56.1 Å². The van der Waals surface area contributed by atoms with Crippen LogP contribution in [0.4, 0.5) is 11.4 Å². The highest BCUT2D eigenvalue weighted by Gasteiger charge is 2.61. The summed E-state index contributed by atoms with van der Waals surface area (Å²) in [6.45, 7) is 14.5. The van der Waals surface area contributed by atoms with Crippen LogP contribution in [0.3, 0.4) is 0 Å². The van der Waals surface area contributed by atoms with Crippen LogP contribution in [-0.4, -0.2) is 11.2 Å². The van der Waals surface area contributed by atoms with E-state index in [1.54, 1.807) is 0 Å². The Bertz CT molecular complexity index is 1100. The standard InChI is InChI=1S/C35H54N2O/c1-22(2)8-7-9-23(3)27-13-14-28-26-12-15-31-34(5,29(26)16-18-33(27,28)4)19-17-32(38)35(31,6)21-24-10-11-25(36)20-30(24)37/h8,10-11,15,20,23,26-29,32,38H,7,9,12-14,16-19,21,36-37H2,1-6H3. The summed E-state index contributed by atoms with van der Waals surface area (Å²) in [6, 6.07) is 5.90. The molecule has 0 saturated heterocycles. The number of nitrogen functional groups attached to an aromatic ring is 2. The average molecular weight is 519 g/mol. The molecule has 4 aliphatic carbocycles. The molecule has 1 aromatic carbocycles. The van der Waals surface area contributed by atoms with Gasteiger partial charge in [0.05, 0.1) is 6.10 Å². The van der Waals surface area contributed by atoms with Gasteiger partial charge in [0, 0.05) is 16.8 Å². The highest BCUT2D eigenvalue weighted by Crippen LogP contribution is 2.69. The van der Waals surface area contributed by atoms with Crippen molar-refractivity contribution in [2.24, 2.45) is 45.8 Å². The number of rotatable bonds is 6. The van der Waals surface area contributed by atoms with E-state index < -0.39 is 0 Å². The van der Waals surface area contributed by atoms with Gasteiger partial charge in [-0.05, 0) is 136 Å². The fraction of sp³-hybridized carbons (Fsp3) is 0.714. The monoisotopic (exact) mass is 518 g/mol. The molecule has 3 nitrogen and oxygen atoms in total. The van der Waals surface area contributed by atoms with Gasteiger partial charge in [-0.15, -0.1) is 0 Å². The Balaban J connectivity index is 1.41. The van der Waals surface area contributed by atoms with Crippen LogP contribution in [-0.2, 0) is 6.42 Å². The predicted octanol–water partition coefficient (Wildman–Crippen LogP) is 8.33. The number of benzene rings is 1. The third kappa shape index (κ3) is 4.45. The fourth-order valence-corrected chi connectivity index (χ4v) is 10.4. The SMILES string of the molecule is CC(C)=CCCC(C)C1CCC2C3CC=C4C(C)(Cc5ccc(N)cc5N)C(O)CCC4(C)C3CCC12C. The van der Waals surface area contributed by atoms with Crippen LogP contribution in [0, 0.1) is 45.8 Å². The van der Waals surface area contributed by atoms with Crippen molar-refractivity contribution in [3.63, 3.8) is 0 Å². The van der Waals surface area contributed by atoms with Gasteiger partial charge in [0.1, 0.15) is 0 Å². The molecule has 0 aromatic heterocycles. The number of fused-ring (bicyclic) bond motifs is 5. The van der Waals surface area contributed by atoms with Crippen molar-refractivity contribution in [1.82, 2.24) is 0 Å². The molecular formula is C35H54N2O. The highest BCUT2D eigenvalue weighted by atomic mass is 16.3. The fourth-order valence-electron chi connectivity index (χ4n) is 10.4. The number of anilines is 2. The molecule has 5 N–H and O–H groups in total. The van der Waals surface area contributed by atoms with Gasteiger partial charge < -0.3 is 16.6 Å². The van der Waals surface area contributed by atoms with Crippen molar-refractivity contribution >= 4 is 11.4 Å². The normalized spacial score (nSPS) is 40.9. The maximum Gasteiger partial charge on any atom is 0.0634 e. The molecule has 0 spiro atoms. The Hall–Kier alpha value is -1.74. The van der Waals surface area contributed by atoms with Crippen LogP contribution >= 0.6 is 0 Å². The van der Waals surface area contributed by atoms with Crippen LogP contribution in [0.2, 0.25) is 0 Å². The van der Waals surface area contributed by atoms with E-state index >= 15 is 0 Å². The first-order valence-electron chi connectivity index (χ1n) is 15.6. The zero-order chi connectivity index (χ0) is 27.5. The predicted molar refractivity (Wildman–Crippen MR) is 161 cm³/mol. The van der Waals surface area contributed by atoms with E-state index in [9.17, 15) is 5.11 Å². The molecule has 0 bridgehead atoms. The molecule has 3 fully saturated rings. The first kappa shape index (κ1) is 27.8. The summed E-state index contributed by atoms with van der Waals surface area (Å²) in [6.07, 6.45) is 16.8. The Morgan fingerprint density at radius 3 is 2.53 bits per heavy atom. The Morgan fingerprint density at radius 1 is 1.05 bits per heavy atom. The summed E-state index contributed by atoms with van der Waals surface area (Å²) in [5, 5.41) is 11.5. The Kier molecular flexibility index (Phi) is 7.34. The number of aliphatic hydroxyl groups excluding tert-OH is 1. The van der Waals surface area contributed by atoms with Crippen LogP contribution in [0.15, 0.2) is 41.5 Å². The molecule has 0 radical (unpaired) electrons. The summed E-state index contributed by atoms with van der Waals surface area (Å²) in [7, 11) is 0. The number of allylic oxidation sites excluding steroid dienone is 3. The van der Waals surface area contributed by atoms with E-state index in [2.05, 4.69) is 59.8 Å². The maximum absolute atomic E-state index is 11.5. The molecule has 0 aliphatic heterocycles. The van der Waals surface area contributed by atoms with Gasteiger partial charge in [-0.3, -0.25) is 0 Å². The molecule has 9 atom stereocenters. The summed E-state index contributed by atoms with van der Waals surface area (Å²) >= 11 is 0. The van der Waals surface area contributed by atoms with Gasteiger partial charge in [-0.25, -0.2) is 0 Å². The van der Waals surface area contributed by atoms with Crippen LogP contribution in [0.5, 0.6) is 0 Å². The second-order valence-corrected chi connectivity index (χ2v) is 14.8. The topological polar surface area (TPSA) is 72.3 Å². The van der Waals surface area contributed by atoms with Crippen LogP contribution in [0.1, 0.15) is 105 Å². The smallest absolute Gasteiger partial charge is 0.0634 e. The summed E-state index contributed by atoms with van der Waals surface area (Å²) in [5.41, 5.74) is 18.4. The van der Waals surface area contributed by atoms with Gasteiger partial charge in [-0.1, -0.05) is 57.1 Å². The van der Waals surface area contributed by atoms with E-state index in [4.69, 9.17) is 11.5 Å². The lowest BCUT2D eigenvalue weighted by molar-refractivity contribution is -0.0813. The number of aliphatic hydroxyl groups is 1. The zero-order valence-electron chi connectivity index (χ0n) is 25.0. The molecule has 0 amide bonds. The number of hydrogen-bond donors (Lipinski definition) is 3. The van der Waals surface area contributed by atoms with Crippen molar-refractivity contribution in [2.45, 2.75) is 112 Å². The molecule has 9 unspecified atom stereocenters. The average Bonchev–Trinajstić information content (AvgIpc) is 3.21. The van der Waals surface area contributed by atoms with Gasteiger partial charge >= 0.3 is 0 Å². The molecule has 38 heavy (non-hydrogen) atoms. The van der Waals surface area contributed by atoms with Gasteiger partial charge in [0.25, 0.3) is 0 Å². The molecule has 0 heterocycles. The van der Waals surface area contributed by atoms with Gasteiger partial charge in [0.15, 0.2) is 0 Å². The summed E-state index contributed by atoms with van der Waals surface area (Å²) in [4.78, 5) is 0. The largest absolute Gasteiger partial charge is 0.399 e. The minimum Gasteiger partial charge on any atom is -0.399 e. The number of hydrogen-bond acceptors (Lipinski definition) is 3. The molecule has 5 rings (SSSR count). The molecule has 3 heteroatoms. The minimum atomic E-state index is -0.332. The zero-order valence-corrected chi connectivity index (χ0v) is 25.0. The van der Waals surface area contributed by atoms with Gasteiger partial charge in [-0.2, -0.15) is 0 Å². The van der Waals surface area contributed by atoms with E-state index in [0.29, 0.717) is 11.1 Å². The lowest BCUT2D eigenvalue weighted by Crippen LogP contribution is -2.55.